The third-order valence-electron chi connectivity index (χ3n) is 6.32. The van der Waals surface area contributed by atoms with Crippen LogP contribution in [0.25, 0.3) is 10.9 Å². The molecule has 14 heteroatoms. The Kier molecular flexibility index (Phi) is 7.06. The van der Waals surface area contributed by atoms with Gasteiger partial charge in [0.1, 0.15) is 29.9 Å². The second-order valence-electron chi connectivity index (χ2n) is 8.89. The van der Waals surface area contributed by atoms with Crippen molar-refractivity contribution in [3.63, 3.8) is 0 Å². The molecule has 0 unspecified atom stereocenters. The van der Waals surface area contributed by atoms with Crippen LogP contribution in [0.15, 0.2) is 78.3 Å². The van der Waals surface area contributed by atoms with E-state index in [0.717, 1.165) is 6.07 Å². The molecule has 0 aliphatic heterocycles. The third-order valence-corrected chi connectivity index (χ3v) is 8.12. The molecule has 3 aromatic carbocycles. The molecule has 2 heterocycles. The predicted octanol–water partition coefficient (Wildman–Crippen LogP) is 5.16. The van der Waals surface area contributed by atoms with E-state index in [2.05, 4.69) is 19.9 Å². The zero-order chi connectivity index (χ0) is 27.9. The van der Waals surface area contributed by atoms with E-state index in [9.17, 15) is 22.3 Å². The Hall–Kier alpha value is -3.58. The normalized spacial score (nSPS) is 14.3. The standard InChI is InChI=1S/C25H20Cl2F2N6O3S/c1-15(25(36,12-34-14-30-13-32-34)22-4-2-19(28)10-23(22)29)35-24-5-3-20(6-16(24)11-31-35)33-39(37,38)21-8-17(26)7-18(27)9-21/h2-11,13-15,33,36H,12H2,1H3/t15-,25-/m1/s1. The van der Waals surface area contributed by atoms with Gasteiger partial charge in [0.15, 0.2) is 0 Å². The van der Waals surface area contributed by atoms with Crippen LogP contribution in [0.1, 0.15) is 18.5 Å². The lowest BCUT2D eigenvalue weighted by Gasteiger charge is -2.35. The van der Waals surface area contributed by atoms with Crippen molar-refractivity contribution in [2.45, 2.75) is 30.0 Å². The van der Waals surface area contributed by atoms with Crippen LogP contribution >= 0.6 is 23.2 Å². The molecule has 2 atom stereocenters. The average Bonchev–Trinajstić information content (AvgIpc) is 3.52. The summed E-state index contributed by atoms with van der Waals surface area (Å²) in [5.74, 6) is -1.72. The monoisotopic (exact) mass is 592 g/mol. The van der Waals surface area contributed by atoms with Gasteiger partial charge in [-0.25, -0.2) is 26.9 Å². The van der Waals surface area contributed by atoms with Gasteiger partial charge in [0.25, 0.3) is 10.0 Å². The molecule has 5 aromatic rings. The van der Waals surface area contributed by atoms with Crippen molar-refractivity contribution in [1.29, 1.82) is 0 Å². The maximum Gasteiger partial charge on any atom is 0.261 e. The second kappa shape index (κ2) is 10.2. The molecule has 0 aliphatic rings. The molecule has 2 N–H and O–H groups in total. The Morgan fingerprint density at radius 1 is 1.05 bits per heavy atom. The molecule has 0 saturated carbocycles. The zero-order valence-electron chi connectivity index (χ0n) is 20.1. The number of hydrogen-bond donors (Lipinski definition) is 2. The molecule has 202 valence electrons. The van der Waals surface area contributed by atoms with E-state index in [1.807, 2.05) is 0 Å². The molecule has 0 saturated heterocycles. The van der Waals surface area contributed by atoms with Gasteiger partial charge >= 0.3 is 0 Å². The maximum absolute atomic E-state index is 14.9. The van der Waals surface area contributed by atoms with Gasteiger partial charge in [-0.2, -0.15) is 10.2 Å². The minimum absolute atomic E-state index is 0.107. The van der Waals surface area contributed by atoms with Gasteiger partial charge in [-0.3, -0.25) is 9.40 Å². The van der Waals surface area contributed by atoms with E-state index in [-0.39, 0.29) is 32.7 Å². The van der Waals surface area contributed by atoms with E-state index < -0.39 is 33.3 Å². The highest BCUT2D eigenvalue weighted by Crippen LogP contribution is 2.38. The summed E-state index contributed by atoms with van der Waals surface area (Å²) in [6.45, 7) is 1.42. The number of nitrogens with zero attached hydrogens (tertiary/aromatic N) is 5. The number of aliphatic hydroxyl groups is 1. The molecular weight excluding hydrogens is 573 g/mol. The van der Waals surface area contributed by atoms with Crippen molar-refractivity contribution >= 4 is 49.8 Å². The molecule has 0 fully saturated rings. The number of sulfonamides is 1. The van der Waals surface area contributed by atoms with Crippen LogP contribution in [0.2, 0.25) is 10.0 Å². The average molecular weight is 593 g/mol. The smallest absolute Gasteiger partial charge is 0.261 e. The Labute approximate surface area is 231 Å². The van der Waals surface area contributed by atoms with Crippen LogP contribution < -0.4 is 4.72 Å². The first-order valence-electron chi connectivity index (χ1n) is 11.4. The lowest BCUT2D eigenvalue weighted by Crippen LogP contribution is -2.41. The number of anilines is 1. The summed E-state index contributed by atoms with van der Waals surface area (Å²) in [6.07, 6.45) is 4.12. The van der Waals surface area contributed by atoms with Gasteiger partial charge in [0.2, 0.25) is 0 Å². The van der Waals surface area contributed by atoms with Crippen molar-refractivity contribution in [3.8, 4) is 0 Å². The molecule has 0 bridgehead atoms. The quantitative estimate of drug-likeness (QED) is 0.257. The predicted molar refractivity (Wildman–Crippen MR) is 142 cm³/mol. The molecule has 9 nitrogen and oxygen atoms in total. The first-order valence-corrected chi connectivity index (χ1v) is 13.7. The highest BCUT2D eigenvalue weighted by Gasteiger charge is 2.41. The molecule has 5 rings (SSSR count). The lowest BCUT2D eigenvalue weighted by atomic mass is 9.86. The minimum Gasteiger partial charge on any atom is -0.381 e. The number of nitrogens with one attached hydrogen (secondary N) is 1. The Morgan fingerprint density at radius 3 is 2.46 bits per heavy atom. The van der Waals surface area contributed by atoms with Gasteiger partial charge in [0, 0.05) is 32.7 Å². The summed E-state index contributed by atoms with van der Waals surface area (Å²) in [4.78, 5) is 3.77. The van der Waals surface area contributed by atoms with Gasteiger partial charge in [0.05, 0.1) is 29.2 Å². The van der Waals surface area contributed by atoms with Gasteiger partial charge in [-0.1, -0.05) is 29.3 Å². The molecule has 2 aromatic heterocycles. The van der Waals surface area contributed by atoms with Crippen LogP contribution in [0.3, 0.4) is 0 Å². The first kappa shape index (κ1) is 27.0. The van der Waals surface area contributed by atoms with E-state index >= 15 is 0 Å². The number of benzene rings is 3. The summed E-state index contributed by atoms with van der Waals surface area (Å²) < 4.78 is 59.7. The lowest BCUT2D eigenvalue weighted by molar-refractivity contribution is -0.0354. The Bertz CT molecular complexity index is 1760. The summed E-state index contributed by atoms with van der Waals surface area (Å²) in [7, 11) is -4.01. The van der Waals surface area contributed by atoms with Gasteiger partial charge < -0.3 is 5.11 Å². The molecule has 0 amide bonds. The van der Waals surface area contributed by atoms with E-state index in [0.29, 0.717) is 17.0 Å². The largest absolute Gasteiger partial charge is 0.381 e. The van der Waals surface area contributed by atoms with E-state index in [1.54, 1.807) is 19.1 Å². The molecule has 0 aliphatic carbocycles. The van der Waals surface area contributed by atoms with Crippen molar-refractivity contribution in [3.05, 3.63) is 101 Å². The number of fused-ring (bicyclic) bond motifs is 1. The molecular formula is C25H20Cl2F2N6O3S. The summed E-state index contributed by atoms with van der Waals surface area (Å²) in [6, 6.07) is 10.7. The molecule has 39 heavy (non-hydrogen) atoms. The van der Waals surface area contributed by atoms with Crippen molar-refractivity contribution < 1.29 is 22.3 Å². The highest BCUT2D eigenvalue weighted by molar-refractivity contribution is 7.92. The van der Waals surface area contributed by atoms with Crippen LogP contribution in [0.4, 0.5) is 14.5 Å². The Balaban J connectivity index is 1.51. The topological polar surface area (TPSA) is 115 Å². The Morgan fingerprint density at radius 2 is 1.79 bits per heavy atom. The number of hydrogen-bond acceptors (Lipinski definition) is 6. The summed E-state index contributed by atoms with van der Waals surface area (Å²) in [5.41, 5.74) is -1.32. The van der Waals surface area contributed by atoms with Crippen molar-refractivity contribution in [2.75, 3.05) is 4.72 Å². The number of aromatic nitrogens is 5. The van der Waals surface area contributed by atoms with E-state index in [4.69, 9.17) is 23.2 Å². The van der Waals surface area contributed by atoms with Crippen LogP contribution in [0.5, 0.6) is 0 Å². The zero-order valence-corrected chi connectivity index (χ0v) is 22.5. The summed E-state index contributed by atoms with van der Waals surface area (Å²) in [5, 5.41) is 21.2. The SMILES string of the molecule is C[C@@H](n1ncc2cc(NS(=O)(=O)c3cc(Cl)cc(Cl)c3)ccc21)[C@](O)(Cn1cncn1)c1ccc(F)cc1F. The second-order valence-corrected chi connectivity index (χ2v) is 11.4. The summed E-state index contributed by atoms with van der Waals surface area (Å²) >= 11 is 11.9. The fourth-order valence-electron chi connectivity index (χ4n) is 4.37. The van der Waals surface area contributed by atoms with Crippen LogP contribution in [-0.2, 0) is 22.2 Å². The van der Waals surface area contributed by atoms with Crippen LogP contribution in [-0.4, -0.2) is 38.1 Å². The van der Waals surface area contributed by atoms with E-state index in [1.165, 1.54) is 58.5 Å². The van der Waals surface area contributed by atoms with Crippen LogP contribution in [0, 0.1) is 11.6 Å². The fraction of sp³-hybridized carbons (Fsp3) is 0.160. The number of halogens is 4. The van der Waals surface area contributed by atoms with Crippen molar-refractivity contribution in [2.24, 2.45) is 0 Å². The molecule has 0 spiro atoms. The highest BCUT2D eigenvalue weighted by atomic mass is 35.5. The van der Waals surface area contributed by atoms with Gasteiger partial charge in [-0.15, -0.1) is 0 Å². The van der Waals surface area contributed by atoms with Crippen molar-refractivity contribution in [1.82, 2.24) is 24.5 Å². The first-order chi connectivity index (χ1) is 18.5. The number of rotatable bonds is 8. The molecule has 0 radical (unpaired) electrons. The fourth-order valence-corrected chi connectivity index (χ4v) is 6.14. The third kappa shape index (κ3) is 5.33. The maximum atomic E-state index is 14.9. The minimum atomic E-state index is -4.01. The van der Waals surface area contributed by atoms with Gasteiger partial charge in [-0.05, 0) is 49.4 Å².